The Balaban J connectivity index is 1.97. The van der Waals surface area contributed by atoms with Crippen LogP contribution in [-0.2, 0) is 21.4 Å². The van der Waals surface area contributed by atoms with Crippen molar-refractivity contribution >= 4 is 15.9 Å². The van der Waals surface area contributed by atoms with Gasteiger partial charge >= 0.3 is 0 Å². The van der Waals surface area contributed by atoms with Crippen molar-refractivity contribution in [3.8, 4) is 0 Å². The van der Waals surface area contributed by atoms with E-state index in [-0.39, 0.29) is 24.1 Å². The molecule has 0 bridgehead atoms. The highest BCUT2D eigenvalue weighted by Crippen LogP contribution is 2.23. The third-order valence-electron chi connectivity index (χ3n) is 3.39. The van der Waals surface area contributed by atoms with Gasteiger partial charge in [-0.3, -0.25) is 4.79 Å². The van der Waals surface area contributed by atoms with Gasteiger partial charge in [0, 0.05) is 19.6 Å². The van der Waals surface area contributed by atoms with Gasteiger partial charge in [0.2, 0.25) is 15.9 Å². The lowest BCUT2D eigenvalue weighted by Crippen LogP contribution is -2.41. The second-order valence-electron chi connectivity index (χ2n) is 4.70. The summed E-state index contributed by atoms with van der Waals surface area (Å²) in [5.74, 6) is -0.523. The summed E-state index contributed by atoms with van der Waals surface area (Å²) in [6.45, 7) is 1.44. The fourth-order valence-corrected chi connectivity index (χ4v) is 2.84. The van der Waals surface area contributed by atoms with Crippen LogP contribution in [-0.4, -0.2) is 40.2 Å². The van der Waals surface area contributed by atoms with Gasteiger partial charge in [0.25, 0.3) is 0 Å². The van der Waals surface area contributed by atoms with Crippen LogP contribution < -0.4 is 15.4 Å². The standard InChI is InChI=1S/C13H19N3O3S/c1-14-20(18,19)7-6-16-13(17)12-9-15-8-10-4-2-3-5-11(10)12/h2-5,12,14-15H,6-9H2,1H3,(H,16,17). The normalized spacial score (nSPS) is 18.4. The topological polar surface area (TPSA) is 87.3 Å². The second-order valence-corrected chi connectivity index (χ2v) is 6.74. The Bertz CT molecular complexity index is 586. The van der Waals surface area contributed by atoms with E-state index in [1.54, 1.807) is 0 Å². The monoisotopic (exact) mass is 297 g/mol. The van der Waals surface area contributed by atoms with Crippen LogP contribution >= 0.6 is 0 Å². The zero-order valence-electron chi connectivity index (χ0n) is 11.3. The van der Waals surface area contributed by atoms with E-state index in [1.165, 1.54) is 7.05 Å². The van der Waals surface area contributed by atoms with Crippen LogP contribution in [0.15, 0.2) is 24.3 Å². The first-order valence-corrected chi connectivity index (χ1v) is 8.16. The van der Waals surface area contributed by atoms with Crippen molar-refractivity contribution in [3.63, 3.8) is 0 Å². The third-order valence-corrected chi connectivity index (χ3v) is 4.76. The number of hydrogen-bond donors (Lipinski definition) is 3. The van der Waals surface area contributed by atoms with E-state index in [2.05, 4.69) is 15.4 Å². The van der Waals surface area contributed by atoms with E-state index in [9.17, 15) is 13.2 Å². The minimum atomic E-state index is -3.29. The van der Waals surface area contributed by atoms with E-state index in [0.29, 0.717) is 6.54 Å². The molecule has 1 unspecified atom stereocenters. The Kier molecular flexibility index (Phi) is 4.74. The quantitative estimate of drug-likeness (QED) is 0.686. The second kappa shape index (κ2) is 6.34. The summed E-state index contributed by atoms with van der Waals surface area (Å²) in [6.07, 6.45) is 0. The summed E-state index contributed by atoms with van der Waals surface area (Å²) in [5.41, 5.74) is 2.13. The number of rotatable bonds is 5. The number of carbonyl (C=O) groups is 1. The maximum atomic E-state index is 12.2. The first kappa shape index (κ1) is 15.0. The third kappa shape index (κ3) is 3.56. The fraction of sp³-hybridized carbons (Fsp3) is 0.462. The van der Waals surface area contributed by atoms with Crippen LogP contribution in [0, 0.1) is 0 Å². The summed E-state index contributed by atoms with van der Waals surface area (Å²) in [6, 6.07) is 7.80. The molecule has 1 aromatic carbocycles. The molecule has 2 rings (SSSR count). The molecule has 1 amide bonds. The van der Waals surface area contributed by atoms with Gasteiger partial charge in [-0.2, -0.15) is 0 Å². The molecule has 1 atom stereocenters. The molecule has 0 aromatic heterocycles. The van der Waals surface area contributed by atoms with E-state index in [0.717, 1.165) is 17.7 Å². The number of amides is 1. The van der Waals surface area contributed by atoms with Gasteiger partial charge in [-0.15, -0.1) is 0 Å². The molecular formula is C13H19N3O3S. The van der Waals surface area contributed by atoms with Crippen LogP contribution in [0.1, 0.15) is 17.0 Å². The summed E-state index contributed by atoms with van der Waals surface area (Å²) >= 11 is 0. The van der Waals surface area contributed by atoms with Gasteiger partial charge in [0.1, 0.15) is 0 Å². The highest BCUT2D eigenvalue weighted by molar-refractivity contribution is 7.89. The Hall–Kier alpha value is -1.44. The van der Waals surface area contributed by atoms with Crippen LogP contribution in [0.5, 0.6) is 0 Å². The molecule has 1 heterocycles. The van der Waals surface area contributed by atoms with Gasteiger partial charge in [-0.1, -0.05) is 24.3 Å². The predicted octanol–water partition coefficient (Wildman–Crippen LogP) is -0.461. The maximum absolute atomic E-state index is 12.2. The number of sulfonamides is 1. The lowest BCUT2D eigenvalue weighted by Gasteiger charge is -2.25. The highest BCUT2D eigenvalue weighted by atomic mass is 32.2. The van der Waals surface area contributed by atoms with Crippen LogP contribution in [0.2, 0.25) is 0 Å². The van der Waals surface area contributed by atoms with Crippen molar-refractivity contribution in [3.05, 3.63) is 35.4 Å². The minimum Gasteiger partial charge on any atom is -0.354 e. The smallest absolute Gasteiger partial charge is 0.228 e. The Morgan fingerprint density at radius 2 is 2.15 bits per heavy atom. The number of nitrogens with one attached hydrogen (secondary N) is 3. The first-order chi connectivity index (χ1) is 9.53. The van der Waals surface area contributed by atoms with Crippen LogP contribution in [0.25, 0.3) is 0 Å². The van der Waals surface area contributed by atoms with Gasteiger partial charge in [-0.25, -0.2) is 13.1 Å². The maximum Gasteiger partial charge on any atom is 0.228 e. The largest absolute Gasteiger partial charge is 0.354 e. The highest BCUT2D eigenvalue weighted by Gasteiger charge is 2.25. The molecule has 7 heteroatoms. The summed E-state index contributed by atoms with van der Waals surface area (Å²) in [4.78, 5) is 12.2. The molecule has 1 aliphatic rings. The first-order valence-electron chi connectivity index (χ1n) is 6.51. The lowest BCUT2D eigenvalue weighted by atomic mass is 9.90. The van der Waals surface area contributed by atoms with Gasteiger partial charge in [0.05, 0.1) is 11.7 Å². The number of hydrogen-bond acceptors (Lipinski definition) is 4. The molecule has 0 radical (unpaired) electrons. The SMILES string of the molecule is CNS(=O)(=O)CCNC(=O)C1CNCc2ccccc21. The van der Waals surface area contributed by atoms with Crippen LogP contribution in [0.4, 0.5) is 0 Å². The average molecular weight is 297 g/mol. The molecule has 0 spiro atoms. The van der Waals surface area contributed by atoms with Crippen molar-refractivity contribution in [2.24, 2.45) is 0 Å². The summed E-state index contributed by atoms with van der Waals surface area (Å²) < 4.78 is 24.8. The predicted molar refractivity (Wildman–Crippen MR) is 76.7 cm³/mol. The molecule has 0 aliphatic carbocycles. The molecule has 20 heavy (non-hydrogen) atoms. The molecule has 6 nitrogen and oxygen atoms in total. The number of carbonyl (C=O) groups excluding carboxylic acids is 1. The number of benzene rings is 1. The van der Waals surface area contributed by atoms with E-state index >= 15 is 0 Å². The molecule has 1 aromatic rings. The molecule has 0 fully saturated rings. The molecule has 0 saturated heterocycles. The van der Waals surface area contributed by atoms with Crippen molar-refractivity contribution < 1.29 is 13.2 Å². The average Bonchev–Trinajstić information content (AvgIpc) is 2.46. The van der Waals surface area contributed by atoms with Gasteiger partial charge in [0.15, 0.2) is 0 Å². The van der Waals surface area contributed by atoms with Crippen molar-refractivity contribution in [1.82, 2.24) is 15.4 Å². The van der Waals surface area contributed by atoms with Crippen molar-refractivity contribution in [2.45, 2.75) is 12.5 Å². The Morgan fingerprint density at radius 1 is 1.40 bits per heavy atom. The molecule has 3 N–H and O–H groups in total. The summed E-state index contributed by atoms with van der Waals surface area (Å²) in [7, 11) is -1.93. The van der Waals surface area contributed by atoms with Gasteiger partial charge in [-0.05, 0) is 18.2 Å². The van der Waals surface area contributed by atoms with Gasteiger partial charge < -0.3 is 10.6 Å². The lowest BCUT2D eigenvalue weighted by molar-refractivity contribution is -0.122. The Morgan fingerprint density at radius 3 is 2.90 bits per heavy atom. The zero-order chi connectivity index (χ0) is 14.6. The molecular weight excluding hydrogens is 278 g/mol. The van der Waals surface area contributed by atoms with E-state index < -0.39 is 10.0 Å². The van der Waals surface area contributed by atoms with Crippen molar-refractivity contribution in [2.75, 3.05) is 25.9 Å². The van der Waals surface area contributed by atoms with E-state index in [4.69, 9.17) is 0 Å². The zero-order valence-corrected chi connectivity index (χ0v) is 12.2. The van der Waals surface area contributed by atoms with Crippen LogP contribution in [0.3, 0.4) is 0 Å². The number of fused-ring (bicyclic) bond motifs is 1. The summed E-state index contributed by atoms with van der Waals surface area (Å²) in [5, 5.41) is 5.88. The van der Waals surface area contributed by atoms with E-state index in [1.807, 2.05) is 24.3 Å². The molecule has 0 saturated carbocycles. The van der Waals surface area contributed by atoms with Crippen molar-refractivity contribution in [1.29, 1.82) is 0 Å². The minimum absolute atomic E-state index is 0.112. The molecule has 110 valence electrons. The Labute approximate surface area is 119 Å². The fourth-order valence-electron chi connectivity index (χ4n) is 2.26. The molecule has 1 aliphatic heterocycles.